The van der Waals surface area contributed by atoms with Crippen LogP contribution in [0.2, 0.25) is 0 Å². The summed E-state index contributed by atoms with van der Waals surface area (Å²) < 4.78 is 0. The number of rotatable bonds is 4. The van der Waals surface area contributed by atoms with E-state index in [1.54, 1.807) is 12.4 Å². The second kappa shape index (κ2) is 8.05. The summed E-state index contributed by atoms with van der Waals surface area (Å²) in [4.78, 5) is 27.9. The van der Waals surface area contributed by atoms with Crippen LogP contribution in [0.25, 0.3) is 0 Å². The molecular formula is C21H27N5O. The smallest absolute Gasteiger partial charge is 0.237 e. The van der Waals surface area contributed by atoms with E-state index >= 15 is 0 Å². The number of hydrogen-bond donors (Lipinski definition) is 0. The fraction of sp³-hybridized carbons (Fsp3) is 0.476. The van der Waals surface area contributed by atoms with Crippen molar-refractivity contribution >= 4 is 11.9 Å². The van der Waals surface area contributed by atoms with Crippen molar-refractivity contribution in [3.63, 3.8) is 0 Å². The fourth-order valence-corrected chi connectivity index (χ4v) is 4.17. The lowest BCUT2D eigenvalue weighted by atomic mass is 9.87. The van der Waals surface area contributed by atoms with Crippen molar-refractivity contribution in [1.29, 1.82) is 0 Å². The lowest BCUT2D eigenvalue weighted by molar-refractivity contribution is -0.133. The number of carbonyl (C=O) groups is 1. The van der Waals surface area contributed by atoms with Crippen LogP contribution in [-0.2, 0) is 11.2 Å². The van der Waals surface area contributed by atoms with Gasteiger partial charge >= 0.3 is 0 Å². The summed E-state index contributed by atoms with van der Waals surface area (Å²) >= 11 is 0. The minimum Gasteiger partial charge on any atom is -0.338 e. The molecule has 142 valence electrons. The third-order valence-corrected chi connectivity index (χ3v) is 5.76. The van der Waals surface area contributed by atoms with Crippen molar-refractivity contribution in [2.45, 2.75) is 25.3 Å². The van der Waals surface area contributed by atoms with Crippen molar-refractivity contribution in [1.82, 2.24) is 19.8 Å². The molecule has 1 aliphatic heterocycles. The van der Waals surface area contributed by atoms with Crippen LogP contribution in [-0.4, -0.2) is 65.4 Å². The van der Waals surface area contributed by atoms with E-state index in [0.29, 0.717) is 6.54 Å². The van der Waals surface area contributed by atoms with Gasteiger partial charge in [0, 0.05) is 45.6 Å². The Morgan fingerprint density at radius 2 is 1.85 bits per heavy atom. The molecule has 0 bridgehead atoms. The zero-order valence-electron chi connectivity index (χ0n) is 15.9. The van der Waals surface area contributed by atoms with Gasteiger partial charge in [0.25, 0.3) is 0 Å². The molecule has 1 aromatic heterocycles. The molecule has 1 aliphatic carbocycles. The van der Waals surface area contributed by atoms with Gasteiger partial charge in [-0.2, -0.15) is 0 Å². The molecule has 0 unspecified atom stereocenters. The van der Waals surface area contributed by atoms with Crippen LogP contribution in [0.1, 0.15) is 30.0 Å². The number of anilines is 1. The first-order chi connectivity index (χ1) is 13.2. The van der Waals surface area contributed by atoms with E-state index in [9.17, 15) is 4.79 Å². The zero-order chi connectivity index (χ0) is 18.6. The van der Waals surface area contributed by atoms with Gasteiger partial charge in [0.2, 0.25) is 11.9 Å². The maximum atomic E-state index is 12.9. The van der Waals surface area contributed by atoms with Crippen LogP contribution in [0.15, 0.2) is 42.7 Å². The lowest BCUT2D eigenvalue weighted by Gasteiger charge is -2.37. The van der Waals surface area contributed by atoms with E-state index < -0.39 is 0 Å². The second-order valence-electron chi connectivity index (χ2n) is 7.42. The Labute approximate surface area is 160 Å². The van der Waals surface area contributed by atoms with Crippen LogP contribution in [0, 0.1) is 0 Å². The van der Waals surface area contributed by atoms with Gasteiger partial charge < -0.3 is 9.80 Å². The van der Waals surface area contributed by atoms with Crippen molar-refractivity contribution in [2.24, 2.45) is 0 Å². The predicted octanol–water partition coefficient (Wildman–Crippen LogP) is 2.13. The van der Waals surface area contributed by atoms with Crippen molar-refractivity contribution < 1.29 is 4.79 Å². The van der Waals surface area contributed by atoms with Gasteiger partial charge in [-0.15, -0.1) is 0 Å². The number of nitrogens with zero attached hydrogens (tertiary/aromatic N) is 5. The molecule has 27 heavy (non-hydrogen) atoms. The zero-order valence-corrected chi connectivity index (χ0v) is 15.9. The van der Waals surface area contributed by atoms with Gasteiger partial charge in [-0.05, 0) is 36.5 Å². The van der Waals surface area contributed by atoms with Gasteiger partial charge in [-0.25, -0.2) is 9.97 Å². The number of amides is 1. The molecule has 0 radical (unpaired) electrons. The predicted molar refractivity (Wildman–Crippen MR) is 106 cm³/mol. The fourth-order valence-electron chi connectivity index (χ4n) is 4.17. The third-order valence-electron chi connectivity index (χ3n) is 5.76. The standard InChI is InChI=1S/C21H27N5O/c1-24(19-9-4-7-17-6-2-3-8-18(17)19)20(27)16-25-12-14-26(15-13-25)21-22-10-5-11-23-21/h2-3,5-6,8,10-11,19H,4,7,9,12-16H2,1H3/t19-/m0/s1. The number of likely N-dealkylation sites (N-methyl/N-ethyl adjacent to an activating group) is 1. The molecule has 6 heteroatoms. The maximum absolute atomic E-state index is 12.9. The number of benzene rings is 1. The summed E-state index contributed by atoms with van der Waals surface area (Å²) in [6.45, 7) is 3.91. The first-order valence-corrected chi connectivity index (χ1v) is 9.80. The molecule has 0 saturated carbocycles. The largest absolute Gasteiger partial charge is 0.338 e. The third kappa shape index (κ3) is 3.95. The van der Waals surface area contributed by atoms with Crippen LogP contribution >= 0.6 is 0 Å². The highest BCUT2D eigenvalue weighted by atomic mass is 16.2. The molecule has 0 spiro atoms. The normalized spacial score (nSPS) is 20.2. The topological polar surface area (TPSA) is 52.6 Å². The molecule has 1 saturated heterocycles. The summed E-state index contributed by atoms with van der Waals surface area (Å²) in [5.74, 6) is 0.987. The van der Waals surface area contributed by atoms with Crippen LogP contribution in [0.3, 0.4) is 0 Å². The number of piperazine rings is 1. The van der Waals surface area contributed by atoms with Crippen molar-refractivity contribution in [3.05, 3.63) is 53.9 Å². The number of fused-ring (bicyclic) bond motifs is 1. The molecule has 2 heterocycles. The quantitative estimate of drug-likeness (QED) is 0.831. The molecule has 1 fully saturated rings. The Morgan fingerprint density at radius 3 is 2.63 bits per heavy atom. The van der Waals surface area contributed by atoms with Crippen LogP contribution in [0.4, 0.5) is 5.95 Å². The Hall–Kier alpha value is -2.47. The molecule has 4 rings (SSSR count). The number of carbonyl (C=O) groups excluding carboxylic acids is 1. The van der Waals surface area contributed by atoms with E-state index in [2.05, 4.69) is 44.0 Å². The highest BCUT2D eigenvalue weighted by molar-refractivity contribution is 5.78. The average molecular weight is 365 g/mol. The first kappa shape index (κ1) is 17.9. The monoisotopic (exact) mass is 365 g/mol. The Kier molecular flexibility index (Phi) is 5.34. The van der Waals surface area contributed by atoms with Crippen molar-refractivity contribution in [2.75, 3.05) is 44.7 Å². The number of aryl methyl sites for hydroxylation is 1. The van der Waals surface area contributed by atoms with Crippen LogP contribution < -0.4 is 4.90 Å². The van der Waals surface area contributed by atoms with Crippen molar-refractivity contribution in [3.8, 4) is 0 Å². The van der Waals surface area contributed by atoms with Gasteiger partial charge in [-0.3, -0.25) is 9.69 Å². The van der Waals surface area contributed by atoms with E-state index in [1.807, 2.05) is 18.0 Å². The Morgan fingerprint density at radius 1 is 1.11 bits per heavy atom. The molecule has 2 aromatic rings. The molecular weight excluding hydrogens is 338 g/mol. The van der Waals surface area contributed by atoms with Gasteiger partial charge in [0.05, 0.1) is 12.6 Å². The van der Waals surface area contributed by atoms with Gasteiger partial charge in [0.1, 0.15) is 0 Å². The summed E-state index contributed by atoms with van der Waals surface area (Å²) in [5.41, 5.74) is 2.72. The highest BCUT2D eigenvalue weighted by Gasteiger charge is 2.28. The molecule has 6 nitrogen and oxygen atoms in total. The molecule has 1 atom stereocenters. The summed E-state index contributed by atoms with van der Waals surface area (Å²) in [6.07, 6.45) is 6.87. The SMILES string of the molecule is CN(C(=O)CN1CCN(c2ncccn2)CC1)[C@H]1CCCc2ccccc21. The average Bonchev–Trinajstić information content (AvgIpc) is 2.74. The Bertz CT molecular complexity index is 773. The summed E-state index contributed by atoms with van der Waals surface area (Å²) in [6, 6.07) is 10.6. The highest BCUT2D eigenvalue weighted by Crippen LogP contribution is 2.33. The second-order valence-corrected chi connectivity index (χ2v) is 7.42. The molecule has 2 aliphatic rings. The lowest BCUT2D eigenvalue weighted by Crippen LogP contribution is -2.50. The number of hydrogen-bond acceptors (Lipinski definition) is 5. The Balaban J connectivity index is 1.34. The van der Waals surface area contributed by atoms with E-state index in [0.717, 1.165) is 51.4 Å². The summed E-state index contributed by atoms with van der Waals surface area (Å²) in [7, 11) is 1.96. The molecule has 1 amide bonds. The molecule has 0 N–H and O–H groups in total. The maximum Gasteiger partial charge on any atom is 0.237 e. The van der Waals surface area contributed by atoms with E-state index in [-0.39, 0.29) is 11.9 Å². The minimum atomic E-state index is 0.209. The minimum absolute atomic E-state index is 0.209. The number of aromatic nitrogens is 2. The van der Waals surface area contributed by atoms with Crippen LogP contribution in [0.5, 0.6) is 0 Å². The first-order valence-electron chi connectivity index (χ1n) is 9.80. The van der Waals surface area contributed by atoms with E-state index in [4.69, 9.17) is 0 Å². The summed E-state index contributed by atoms with van der Waals surface area (Å²) in [5, 5.41) is 0. The molecule has 1 aromatic carbocycles. The van der Waals surface area contributed by atoms with Gasteiger partial charge in [0.15, 0.2) is 0 Å². The van der Waals surface area contributed by atoms with E-state index in [1.165, 1.54) is 11.1 Å². The van der Waals surface area contributed by atoms with Gasteiger partial charge in [-0.1, -0.05) is 24.3 Å².